The first-order chi connectivity index (χ1) is 16.6. The Hall–Kier alpha value is -3.69. The first-order valence-corrected chi connectivity index (χ1v) is 12.7. The van der Waals surface area contributed by atoms with E-state index in [9.17, 15) is 8.42 Å². The average Bonchev–Trinajstić information content (AvgIpc) is 3.26. The van der Waals surface area contributed by atoms with Crippen molar-refractivity contribution in [1.29, 1.82) is 0 Å². The van der Waals surface area contributed by atoms with E-state index in [2.05, 4.69) is 20.2 Å². The van der Waals surface area contributed by atoms with Gasteiger partial charge in [-0.1, -0.05) is 36.4 Å². The molecule has 1 aliphatic heterocycles. The number of hydrogen-bond acceptors (Lipinski definition) is 7. The first-order valence-electron chi connectivity index (χ1n) is 11.2. The van der Waals surface area contributed by atoms with Crippen molar-refractivity contribution in [2.75, 3.05) is 12.1 Å². The number of ether oxygens (including phenoxy) is 2. The van der Waals surface area contributed by atoms with Crippen molar-refractivity contribution in [2.45, 2.75) is 38.1 Å². The standard InChI is InChI=1S/C26H26N4O4S/c1-16-9-10-17(13-23(16)35(31,32)30-26(2,3)4)24-19-7-5-6-8-20(19)25(29-28-24)27-18-11-12-21-22(14-18)34-15-33-21/h5-14,30H,15H2,1-4H3,(H,27,29). The third kappa shape index (κ3) is 4.65. The Balaban J connectivity index is 1.56. The minimum Gasteiger partial charge on any atom is -0.454 e. The molecule has 0 amide bonds. The number of hydrogen-bond donors (Lipinski definition) is 2. The molecule has 0 fully saturated rings. The van der Waals surface area contributed by atoms with Gasteiger partial charge in [0, 0.05) is 33.6 Å². The van der Waals surface area contributed by atoms with Crippen LogP contribution in [-0.2, 0) is 10.0 Å². The van der Waals surface area contributed by atoms with E-state index in [-0.39, 0.29) is 11.7 Å². The van der Waals surface area contributed by atoms with Gasteiger partial charge in [0.15, 0.2) is 17.3 Å². The molecule has 8 nitrogen and oxygen atoms in total. The summed E-state index contributed by atoms with van der Waals surface area (Å²) >= 11 is 0. The van der Waals surface area contributed by atoms with Crippen molar-refractivity contribution in [3.63, 3.8) is 0 Å². The molecular formula is C26H26N4O4S. The minimum absolute atomic E-state index is 0.204. The molecule has 2 N–H and O–H groups in total. The summed E-state index contributed by atoms with van der Waals surface area (Å²) in [5.74, 6) is 1.95. The summed E-state index contributed by atoms with van der Waals surface area (Å²) in [6, 6.07) is 18.7. The van der Waals surface area contributed by atoms with Gasteiger partial charge >= 0.3 is 0 Å². The fourth-order valence-corrected chi connectivity index (χ4v) is 5.71. The molecule has 0 saturated heterocycles. The number of rotatable bonds is 5. The van der Waals surface area contributed by atoms with Gasteiger partial charge in [-0.05, 0) is 51.5 Å². The van der Waals surface area contributed by atoms with Gasteiger partial charge in [0.25, 0.3) is 0 Å². The summed E-state index contributed by atoms with van der Waals surface area (Å²) in [7, 11) is -3.72. The highest BCUT2D eigenvalue weighted by molar-refractivity contribution is 7.89. The molecule has 0 spiro atoms. The first kappa shape index (κ1) is 23.1. The highest BCUT2D eigenvalue weighted by Gasteiger charge is 2.24. The molecule has 3 aromatic carbocycles. The summed E-state index contributed by atoms with van der Waals surface area (Å²) in [5.41, 5.74) is 2.12. The lowest BCUT2D eigenvalue weighted by atomic mass is 10.0. The second-order valence-electron chi connectivity index (χ2n) is 9.47. The van der Waals surface area contributed by atoms with Crippen molar-refractivity contribution < 1.29 is 17.9 Å². The molecule has 2 heterocycles. The van der Waals surface area contributed by atoms with Crippen LogP contribution in [0.15, 0.2) is 65.6 Å². The zero-order valence-electron chi connectivity index (χ0n) is 19.9. The van der Waals surface area contributed by atoms with E-state index in [4.69, 9.17) is 9.47 Å². The lowest BCUT2D eigenvalue weighted by molar-refractivity contribution is 0.174. The number of nitrogens with zero attached hydrogens (tertiary/aromatic N) is 2. The van der Waals surface area contributed by atoms with Crippen LogP contribution < -0.4 is 19.5 Å². The maximum absolute atomic E-state index is 13.1. The molecule has 0 bridgehead atoms. The number of anilines is 2. The van der Waals surface area contributed by atoms with Crippen LogP contribution in [0.4, 0.5) is 11.5 Å². The van der Waals surface area contributed by atoms with Crippen molar-refractivity contribution in [1.82, 2.24) is 14.9 Å². The Labute approximate surface area is 204 Å². The maximum Gasteiger partial charge on any atom is 0.241 e. The number of nitrogens with one attached hydrogen (secondary N) is 2. The Kier molecular flexibility index (Phi) is 5.61. The summed E-state index contributed by atoms with van der Waals surface area (Å²) in [5, 5.41) is 14.0. The van der Waals surface area contributed by atoms with Crippen LogP contribution in [0.3, 0.4) is 0 Å². The normalized spacial score (nSPS) is 13.3. The molecule has 9 heteroatoms. The minimum atomic E-state index is -3.72. The Morgan fingerprint density at radius 3 is 2.40 bits per heavy atom. The fraction of sp³-hybridized carbons (Fsp3) is 0.231. The van der Waals surface area contributed by atoms with E-state index in [0.29, 0.717) is 34.1 Å². The Morgan fingerprint density at radius 2 is 1.63 bits per heavy atom. The van der Waals surface area contributed by atoms with Crippen molar-refractivity contribution in [3.05, 3.63) is 66.2 Å². The molecule has 0 radical (unpaired) electrons. The molecule has 35 heavy (non-hydrogen) atoms. The summed E-state index contributed by atoms with van der Waals surface area (Å²) in [6.07, 6.45) is 0. The number of sulfonamides is 1. The lowest BCUT2D eigenvalue weighted by Crippen LogP contribution is -2.40. The van der Waals surface area contributed by atoms with Gasteiger partial charge in [0.05, 0.1) is 4.90 Å². The van der Waals surface area contributed by atoms with Gasteiger partial charge in [-0.25, -0.2) is 13.1 Å². The van der Waals surface area contributed by atoms with Crippen molar-refractivity contribution in [2.24, 2.45) is 0 Å². The van der Waals surface area contributed by atoms with Crippen LogP contribution in [0.2, 0.25) is 0 Å². The molecule has 5 rings (SSSR count). The summed E-state index contributed by atoms with van der Waals surface area (Å²) < 4.78 is 39.7. The van der Waals surface area contributed by atoms with Gasteiger partial charge in [-0.15, -0.1) is 10.2 Å². The molecule has 0 aliphatic carbocycles. The molecule has 0 saturated carbocycles. The zero-order valence-corrected chi connectivity index (χ0v) is 20.7. The molecule has 0 unspecified atom stereocenters. The predicted octanol–water partition coefficient (Wildman–Crippen LogP) is 5.15. The van der Waals surface area contributed by atoms with Gasteiger partial charge in [-0.2, -0.15) is 0 Å². The molecule has 4 aromatic rings. The Bertz CT molecular complexity index is 1550. The zero-order chi connectivity index (χ0) is 24.8. The van der Waals surface area contributed by atoms with Crippen molar-refractivity contribution >= 4 is 32.3 Å². The SMILES string of the molecule is Cc1ccc(-c2nnc(Nc3ccc4c(c3)OCO4)c3ccccc23)cc1S(=O)(=O)NC(C)(C)C. The highest BCUT2D eigenvalue weighted by Crippen LogP contribution is 2.37. The van der Waals surface area contributed by atoms with E-state index < -0.39 is 15.6 Å². The monoisotopic (exact) mass is 490 g/mol. The molecule has 0 atom stereocenters. The van der Waals surface area contributed by atoms with E-state index in [0.717, 1.165) is 16.5 Å². The van der Waals surface area contributed by atoms with Crippen molar-refractivity contribution in [3.8, 4) is 22.8 Å². The van der Waals surface area contributed by atoms with Crippen LogP contribution >= 0.6 is 0 Å². The third-order valence-corrected chi connectivity index (χ3v) is 7.41. The number of aromatic nitrogens is 2. The molecular weight excluding hydrogens is 464 g/mol. The molecule has 1 aliphatic rings. The van der Waals surface area contributed by atoms with Crippen LogP contribution in [-0.4, -0.2) is 30.9 Å². The highest BCUT2D eigenvalue weighted by atomic mass is 32.2. The van der Waals surface area contributed by atoms with E-state index >= 15 is 0 Å². The van der Waals surface area contributed by atoms with Crippen LogP contribution in [0.25, 0.3) is 22.0 Å². The van der Waals surface area contributed by atoms with Gasteiger partial charge in [0.2, 0.25) is 16.8 Å². The average molecular weight is 491 g/mol. The van der Waals surface area contributed by atoms with E-state index in [1.165, 1.54) is 0 Å². The second kappa shape index (κ2) is 8.51. The largest absolute Gasteiger partial charge is 0.454 e. The van der Waals surface area contributed by atoms with E-state index in [1.807, 2.05) is 69.3 Å². The fourth-order valence-electron chi connectivity index (χ4n) is 4.02. The quantitative estimate of drug-likeness (QED) is 0.399. The van der Waals surface area contributed by atoms with Crippen LogP contribution in [0.1, 0.15) is 26.3 Å². The van der Waals surface area contributed by atoms with Crippen LogP contribution in [0, 0.1) is 6.92 Å². The number of fused-ring (bicyclic) bond motifs is 2. The van der Waals surface area contributed by atoms with Gasteiger partial charge in [0.1, 0.15) is 5.69 Å². The maximum atomic E-state index is 13.1. The van der Waals surface area contributed by atoms with Gasteiger partial charge < -0.3 is 14.8 Å². The lowest BCUT2D eigenvalue weighted by Gasteiger charge is -2.21. The van der Waals surface area contributed by atoms with Gasteiger partial charge in [-0.3, -0.25) is 0 Å². The number of aryl methyl sites for hydroxylation is 1. The molecule has 1 aromatic heterocycles. The summed E-state index contributed by atoms with van der Waals surface area (Å²) in [6.45, 7) is 7.43. The summed E-state index contributed by atoms with van der Waals surface area (Å²) in [4.78, 5) is 0.221. The van der Waals surface area contributed by atoms with E-state index in [1.54, 1.807) is 19.1 Å². The van der Waals surface area contributed by atoms with Crippen LogP contribution in [0.5, 0.6) is 11.5 Å². The molecule has 180 valence electrons. The third-order valence-electron chi connectivity index (χ3n) is 5.51. The topological polar surface area (TPSA) is 102 Å². The second-order valence-corrected chi connectivity index (χ2v) is 11.1. The number of benzene rings is 3. The smallest absolute Gasteiger partial charge is 0.241 e. The predicted molar refractivity (Wildman–Crippen MR) is 136 cm³/mol. The Morgan fingerprint density at radius 1 is 0.886 bits per heavy atom.